The van der Waals surface area contributed by atoms with Crippen LogP contribution in [0.1, 0.15) is 39.5 Å². The van der Waals surface area contributed by atoms with Gasteiger partial charge in [0.15, 0.2) is 17.1 Å². The van der Waals surface area contributed by atoms with E-state index in [4.69, 9.17) is 9.57 Å². The Bertz CT molecular complexity index is 388. The molecule has 17 heavy (non-hydrogen) atoms. The number of rotatable bonds is 2. The Kier molecular flexibility index (Phi) is 3.19. The molecule has 0 aromatic heterocycles. The lowest BCUT2D eigenvalue weighted by Crippen LogP contribution is -2.48. The normalized spacial score (nSPS) is 28.5. The third kappa shape index (κ3) is 1.95. The first kappa shape index (κ1) is 12.1. The second kappa shape index (κ2) is 4.49. The predicted octanol–water partition coefficient (Wildman–Crippen LogP) is 1.24. The lowest BCUT2D eigenvalue weighted by molar-refractivity contribution is -0.152. The first-order chi connectivity index (χ1) is 8.09. The van der Waals surface area contributed by atoms with Gasteiger partial charge in [0, 0.05) is 12.0 Å². The first-order valence-electron chi connectivity index (χ1n) is 5.97. The number of allylic oxidation sites excluding steroid dienone is 1. The summed E-state index contributed by atoms with van der Waals surface area (Å²) in [5.74, 6) is -0.101. The summed E-state index contributed by atoms with van der Waals surface area (Å²) in [4.78, 5) is 28.9. The van der Waals surface area contributed by atoms with Gasteiger partial charge in [0.25, 0.3) is 0 Å². The number of hydrogen-bond donors (Lipinski definition) is 1. The van der Waals surface area contributed by atoms with Crippen molar-refractivity contribution >= 4 is 11.8 Å². The van der Waals surface area contributed by atoms with Crippen molar-refractivity contribution in [1.82, 2.24) is 5.48 Å². The molecule has 0 saturated heterocycles. The van der Waals surface area contributed by atoms with Gasteiger partial charge in [-0.3, -0.25) is 4.79 Å². The molecule has 1 N–H and O–H groups in total. The highest BCUT2D eigenvalue weighted by molar-refractivity contribution is 5.98. The largest absolute Gasteiger partial charge is 0.464 e. The molecule has 0 radical (unpaired) electrons. The SMILES string of the molecule is CCOC(=O)C1(C)NOC2=C1CCCCC2=O. The molecule has 0 saturated carbocycles. The molecule has 0 aromatic carbocycles. The van der Waals surface area contributed by atoms with E-state index in [1.807, 2.05) is 0 Å². The highest BCUT2D eigenvalue weighted by Crippen LogP contribution is 2.35. The number of carbonyl (C=O) groups is 2. The molecule has 5 nitrogen and oxygen atoms in total. The zero-order chi connectivity index (χ0) is 12.5. The molecule has 0 bridgehead atoms. The van der Waals surface area contributed by atoms with Gasteiger partial charge in [-0.05, 0) is 33.1 Å². The predicted molar refractivity (Wildman–Crippen MR) is 59.8 cm³/mol. The van der Waals surface area contributed by atoms with Crippen molar-refractivity contribution in [2.75, 3.05) is 6.61 Å². The maximum Gasteiger partial charge on any atom is 0.333 e. The van der Waals surface area contributed by atoms with E-state index in [1.54, 1.807) is 13.8 Å². The number of hydrogen-bond acceptors (Lipinski definition) is 5. The summed E-state index contributed by atoms with van der Waals surface area (Å²) in [5, 5.41) is 0. The fourth-order valence-electron chi connectivity index (χ4n) is 2.23. The maximum absolute atomic E-state index is 11.9. The van der Waals surface area contributed by atoms with Crippen molar-refractivity contribution in [2.24, 2.45) is 0 Å². The summed E-state index contributed by atoms with van der Waals surface area (Å²) in [6.07, 6.45) is 2.92. The highest BCUT2D eigenvalue weighted by Gasteiger charge is 2.48. The van der Waals surface area contributed by atoms with Gasteiger partial charge in [0.1, 0.15) is 0 Å². The second-order valence-corrected chi connectivity index (χ2v) is 4.49. The standard InChI is InChI=1S/C12H17NO4/c1-3-16-11(15)12(2)8-6-4-5-7-9(14)10(8)17-13-12/h13H,3-7H2,1-2H3. The topological polar surface area (TPSA) is 64.6 Å². The minimum Gasteiger partial charge on any atom is -0.464 e. The quantitative estimate of drug-likeness (QED) is 0.734. The van der Waals surface area contributed by atoms with E-state index in [0.29, 0.717) is 25.2 Å². The number of carbonyl (C=O) groups excluding carboxylic acids is 2. The van der Waals surface area contributed by atoms with Gasteiger partial charge in [-0.25, -0.2) is 4.79 Å². The van der Waals surface area contributed by atoms with Crippen LogP contribution in [0.4, 0.5) is 0 Å². The Morgan fingerprint density at radius 3 is 2.88 bits per heavy atom. The highest BCUT2D eigenvalue weighted by atomic mass is 16.7. The zero-order valence-electron chi connectivity index (χ0n) is 10.2. The van der Waals surface area contributed by atoms with Crippen LogP contribution < -0.4 is 5.48 Å². The Labute approximate surface area is 100 Å². The van der Waals surface area contributed by atoms with E-state index in [0.717, 1.165) is 18.4 Å². The number of nitrogens with one attached hydrogen (secondary N) is 1. The second-order valence-electron chi connectivity index (χ2n) is 4.49. The first-order valence-corrected chi connectivity index (χ1v) is 5.97. The van der Waals surface area contributed by atoms with Crippen LogP contribution >= 0.6 is 0 Å². The molecule has 0 fully saturated rings. The lowest BCUT2D eigenvalue weighted by Gasteiger charge is -2.23. The molecule has 0 spiro atoms. The van der Waals surface area contributed by atoms with Gasteiger partial charge in [-0.1, -0.05) is 0 Å². The smallest absolute Gasteiger partial charge is 0.333 e. The number of hydroxylamine groups is 1. The number of ether oxygens (including phenoxy) is 1. The molecule has 0 amide bonds. The zero-order valence-corrected chi connectivity index (χ0v) is 10.2. The van der Waals surface area contributed by atoms with Gasteiger partial charge in [-0.15, -0.1) is 5.48 Å². The van der Waals surface area contributed by atoms with Crippen LogP contribution in [-0.4, -0.2) is 23.9 Å². The van der Waals surface area contributed by atoms with Gasteiger partial charge in [0.2, 0.25) is 0 Å². The van der Waals surface area contributed by atoms with E-state index in [1.165, 1.54) is 0 Å². The molecular weight excluding hydrogens is 222 g/mol. The number of ketones is 1. The Balaban J connectivity index is 2.32. The summed E-state index contributed by atoms with van der Waals surface area (Å²) in [7, 11) is 0. The van der Waals surface area contributed by atoms with Crippen molar-refractivity contribution in [3.8, 4) is 0 Å². The van der Waals surface area contributed by atoms with Crippen molar-refractivity contribution < 1.29 is 19.2 Å². The maximum atomic E-state index is 11.9. The monoisotopic (exact) mass is 239 g/mol. The van der Waals surface area contributed by atoms with Crippen LogP contribution in [0, 0.1) is 0 Å². The minimum absolute atomic E-state index is 0.0296. The van der Waals surface area contributed by atoms with Crippen molar-refractivity contribution in [1.29, 1.82) is 0 Å². The van der Waals surface area contributed by atoms with Crippen LogP contribution in [0.25, 0.3) is 0 Å². The Morgan fingerprint density at radius 2 is 2.18 bits per heavy atom. The molecular formula is C12H17NO4. The summed E-state index contributed by atoms with van der Waals surface area (Å²) in [6.45, 7) is 3.77. The molecule has 94 valence electrons. The molecule has 1 aliphatic carbocycles. The van der Waals surface area contributed by atoms with E-state index in [-0.39, 0.29) is 11.8 Å². The summed E-state index contributed by atoms with van der Waals surface area (Å²) < 4.78 is 5.03. The Hall–Kier alpha value is -1.36. The van der Waals surface area contributed by atoms with E-state index in [9.17, 15) is 9.59 Å². The van der Waals surface area contributed by atoms with Gasteiger partial charge < -0.3 is 9.57 Å². The minimum atomic E-state index is -1.01. The summed E-state index contributed by atoms with van der Waals surface area (Å²) in [5.41, 5.74) is 2.37. The third-order valence-corrected chi connectivity index (χ3v) is 3.25. The van der Waals surface area contributed by atoms with E-state index in [2.05, 4.69) is 5.48 Å². The van der Waals surface area contributed by atoms with Crippen LogP contribution in [0.5, 0.6) is 0 Å². The molecule has 1 heterocycles. The molecule has 1 unspecified atom stereocenters. The van der Waals surface area contributed by atoms with Crippen LogP contribution in [-0.2, 0) is 19.2 Å². The fraction of sp³-hybridized carbons (Fsp3) is 0.667. The van der Waals surface area contributed by atoms with E-state index < -0.39 is 5.54 Å². The molecule has 5 heteroatoms. The summed E-state index contributed by atoms with van der Waals surface area (Å²) >= 11 is 0. The Morgan fingerprint density at radius 1 is 1.47 bits per heavy atom. The van der Waals surface area contributed by atoms with Crippen LogP contribution in [0.15, 0.2) is 11.3 Å². The molecule has 1 aliphatic heterocycles. The van der Waals surface area contributed by atoms with Gasteiger partial charge in [0.05, 0.1) is 6.61 Å². The fourth-order valence-corrected chi connectivity index (χ4v) is 2.23. The van der Waals surface area contributed by atoms with E-state index >= 15 is 0 Å². The van der Waals surface area contributed by atoms with Gasteiger partial charge >= 0.3 is 5.97 Å². The average molecular weight is 239 g/mol. The molecule has 0 aromatic rings. The van der Waals surface area contributed by atoms with Crippen LogP contribution in [0.2, 0.25) is 0 Å². The van der Waals surface area contributed by atoms with Crippen molar-refractivity contribution in [3.63, 3.8) is 0 Å². The third-order valence-electron chi connectivity index (χ3n) is 3.25. The molecule has 2 rings (SSSR count). The van der Waals surface area contributed by atoms with Gasteiger partial charge in [-0.2, -0.15) is 0 Å². The van der Waals surface area contributed by atoms with Crippen LogP contribution in [0.3, 0.4) is 0 Å². The van der Waals surface area contributed by atoms with Crippen molar-refractivity contribution in [2.45, 2.75) is 45.1 Å². The number of Topliss-reactive ketones (excluding diaryl/α,β-unsaturated/α-hetero) is 1. The average Bonchev–Trinajstić information content (AvgIpc) is 2.52. The number of esters is 1. The summed E-state index contributed by atoms with van der Waals surface area (Å²) in [6, 6.07) is 0. The molecule has 1 atom stereocenters. The lowest BCUT2D eigenvalue weighted by atomic mass is 9.89. The van der Waals surface area contributed by atoms with Crippen molar-refractivity contribution in [3.05, 3.63) is 11.3 Å². The molecule has 2 aliphatic rings.